The Morgan fingerprint density at radius 1 is 0.750 bits per heavy atom. The third-order valence-corrected chi connectivity index (χ3v) is 3.93. The van der Waals surface area contributed by atoms with Gasteiger partial charge in [0.15, 0.2) is 0 Å². The molecule has 0 aromatic rings. The van der Waals surface area contributed by atoms with Crippen LogP contribution in [0.4, 0.5) is 0 Å². The molecule has 0 heteroatoms. The van der Waals surface area contributed by atoms with Crippen LogP contribution in [0.5, 0.6) is 0 Å². The lowest BCUT2D eigenvalue weighted by Gasteiger charge is -2.22. The maximum atomic E-state index is 2.45. The van der Waals surface area contributed by atoms with Crippen LogP contribution in [0.15, 0.2) is 0 Å². The predicted molar refractivity (Wildman–Crippen MR) is 75.8 cm³/mol. The topological polar surface area (TPSA) is 0 Å². The number of hydrogen-bond donors (Lipinski definition) is 0. The Labute approximate surface area is 104 Å². The molecule has 98 valence electrons. The van der Waals surface area contributed by atoms with Crippen molar-refractivity contribution in [3.8, 4) is 0 Å². The molecule has 0 spiro atoms. The van der Waals surface area contributed by atoms with E-state index in [4.69, 9.17) is 0 Å². The first-order valence-electron chi connectivity index (χ1n) is 7.61. The van der Waals surface area contributed by atoms with Crippen LogP contribution < -0.4 is 0 Å². The monoisotopic (exact) mass is 226 g/mol. The molecule has 0 rings (SSSR count). The van der Waals surface area contributed by atoms with Crippen LogP contribution in [0, 0.1) is 17.8 Å². The third-order valence-electron chi connectivity index (χ3n) is 3.93. The molecule has 0 nitrogen and oxygen atoms in total. The van der Waals surface area contributed by atoms with Crippen LogP contribution in [0.1, 0.15) is 86.0 Å². The first kappa shape index (κ1) is 16.0. The van der Waals surface area contributed by atoms with Gasteiger partial charge in [0.2, 0.25) is 0 Å². The van der Waals surface area contributed by atoms with Crippen molar-refractivity contribution >= 4 is 0 Å². The van der Waals surface area contributed by atoms with Crippen molar-refractivity contribution in [2.24, 2.45) is 17.8 Å². The van der Waals surface area contributed by atoms with Gasteiger partial charge in [-0.3, -0.25) is 0 Å². The van der Waals surface area contributed by atoms with Gasteiger partial charge in [0, 0.05) is 0 Å². The van der Waals surface area contributed by atoms with Gasteiger partial charge in [0.1, 0.15) is 0 Å². The Balaban J connectivity index is 3.54. The Kier molecular flexibility index (Phi) is 10.2. The highest BCUT2D eigenvalue weighted by molar-refractivity contribution is 4.65. The minimum Gasteiger partial charge on any atom is -0.0654 e. The lowest BCUT2D eigenvalue weighted by atomic mass is 9.84. The molecule has 0 aliphatic heterocycles. The summed E-state index contributed by atoms with van der Waals surface area (Å²) in [7, 11) is 0. The van der Waals surface area contributed by atoms with E-state index in [9.17, 15) is 0 Å². The average molecular weight is 226 g/mol. The quantitative estimate of drug-likeness (QED) is 0.397. The summed E-state index contributed by atoms with van der Waals surface area (Å²) in [5.41, 5.74) is 0. The van der Waals surface area contributed by atoms with Gasteiger partial charge < -0.3 is 0 Å². The van der Waals surface area contributed by atoms with E-state index in [1.807, 2.05) is 0 Å². The zero-order valence-electron chi connectivity index (χ0n) is 12.4. The normalized spacial score (nSPS) is 15.4. The zero-order chi connectivity index (χ0) is 12.4. The Bertz CT molecular complexity index is 137. The molecule has 0 heterocycles. The van der Waals surface area contributed by atoms with Crippen LogP contribution in [0.25, 0.3) is 0 Å². The summed E-state index contributed by atoms with van der Waals surface area (Å²) < 4.78 is 0. The zero-order valence-corrected chi connectivity index (χ0v) is 12.4. The van der Waals surface area contributed by atoms with Crippen molar-refractivity contribution in [1.29, 1.82) is 0 Å². The van der Waals surface area contributed by atoms with Crippen molar-refractivity contribution in [3.05, 3.63) is 0 Å². The lowest BCUT2D eigenvalue weighted by Crippen LogP contribution is -2.10. The number of rotatable bonds is 10. The second-order valence-corrected chi connectivity index (χ2v) is 5.97. The van der Waals surface area contributed by atoms with Crippen molar-refractivity contribution in [2.75, 3.05) is 0 Å². The van der Waals surface area contributed by atoms with E-state index >= 15 is 0 Å². The molecule has 0 aliphatic carbocycles. The molecule has 0 saturated heterocycles. The summed E-state index contributed by atoms with van der Waals surface area (Å²) in [6.07, 6.45) is 11.4. The lowest BCUT2D eigenvalue weighted by molar-refractivity contribution is 0.296. The van der Waals surface area contributed by atoms with E-state index in [1.165, 1.54) is 51.4 Å². The third kappa shape index (κ3) is 8.19. The fourth-order valence-electron chi connectivity index (χ4n) is 2.72. The molecular formula is C16H34. The van der Waals surface area contributed by atoms with Crippen LogP contribution >= 0.6 is 0 Å². The summed E-state index contributed by atoms with van der Waals surface area (Å²) in [5, 5.41) is 0. The average Bonchev–Trinajstić information content (AvgIpc) is 2.23. The molecule has 16 heavy (non-hydrogen) atoms. The maximum Gasteiger partial charge on any atom is -0.0391 e. The van der Waals surface area contributed by atoms with Crippen LogP contribution in [0.3, 0.4) is 0 Å². The molecule has 0 saturated carbocycles. The highest BCUT2D eigenvalue weighted by Gasteiger charge is 2.13. The minimum absolute atomic E-state index is 0.890. The van der Waals surface area contributed by atoms with E-state index < -0.39 is 0 Å². The summed E-state index contributed by atoms with van der Waals surface area (Å²) in [6, 6.07) is 0. The molecule has 0 radical (unpaired) electrons. The smallest absolute Gasteiger partial charge is 0.0391 e. The summed E-state index contributed by atoms with van der Waals surface area (Å²) in [6.45, 7) is 11.8. The minimum atomic E-state index is 0.890. The van der Waals surface area contributed by atoms with E-state index in [-0.39, 0.29) is 0 Å². The van der Waals surface area contributed by atoms with Gasteiger partial charge in [-0.25, -0.2) is 0 Å². The fraction of sp³-hybridized carbons (Fsp3) is 1.00. The predicted octanol–water partition coefficient (Wildman–Crippen LogP) is 6.06. The summed E-state index contributed by atoms with van der Waals surface area (Å²) in [4.78, 5) is 0. The maximum absolute atomic E-state index is 2.45. The second-order valence-electron chi connectivity index (χ2n) is 5.97. The van der Waals surface area contributed by atoms with Gasteiger partial charge >= 0.3 is 0 Å². The van der Waals surface area contributed by atoms with Crippen LogP contribution in [-0.2, 0) is 0 Å². The van der Waals surface area contributed by atoms with Crippen molar-refractivity contribution < 1.29 is 0 Å². The molecule has 2 unspecified atom stereocenters. The van der Waals surface area contributed by atoms with Crippen molar-refractivity contribution in [3.63, 3.8) is 0 Å². The Hall–Kier alpha value is 0. The fourth-order valence-corrected chi connectivity index (χ4v) is 2.72. The van der Waals surface area contributed by atoms with Gasteiger partial charge in [0.25, 0.3) is 0 Å². The van der Waals surface area contributed by atoms with E-state index in [0.29, 0.717) is 0 Å². The number of hydrogen-bond acceptors (Lipinski definition) is 0. The number of unbranched alkanes of at least 4 members (excludes halogenated alkanes) is 2. The molecule has 2 atom stereocenters. The van der Waals surface area contributed by atoms with E-state index in [1.54, 1.807) is 0 Å². The summed E-state index contributed by atoms with van der Waals surface area (Å²) in [5.74, 6) is 2.82. The molecule has 0 amide bonds. The van der Waals surface area contributed by atoms with Gasteiger partial charge in [-0.05, 0) is 17.8 Å². The molecule has 0 N–H and O–H groups in total. The van der Waals surface area contributed by atoms with E-state index in [0.717, 1.165) is 17.8 Å². The first-order chi connectivity index (χ1) is 7.61. The standard InChI is InChI=1S/C16H34/c1-6-11-15(5)16(7-2)13-10-8-9-12-14(3)4/h14-16H,6-13H2,1-5H3. The van der Waals surface area contributed by atoms with Crippen LogP contribution in [0.2, 0.25) is 0 Å². The van der Waals surface area contributed by atoms with Gasteiger partial charge in [0.05, 0.1) is 0 Å². The summed E-state index contributed by atoms with van der Waals surface area (Å²) >= 11 is 0. The molecular weight excluding hydrogens is 192 g/mol. The SMILES string of the molecule is CCCC(C)C(CC)CCCCCC(C)C. The van der Waals surface area contributed by atoms with Crippen molar-refractivity contribution in [2.45, 2.75) is 86.0 Å². The van der Waals surface area contributed by atoms with Gasteiger partial charge in [-0.2, -0.15) is 0 Å². The molecule has 0 fully saturated rings. The van der Waals surface area contributed by atoms with Crippen molar-refractivity contribution in [1.82, 2.24) is 0 Å². The molecule has 0 aromatic heterocycles. The van der Waals surface area contributed by atoms with Gasteiger partial charge in [-0.15, -0.1) is 0 Å². The Morgan fingerprint density at radius 2 is 1.38 bits per heavy atom. The molecule has 0 bridgehead atoms. The second kappa shape index (κ2) is 10.2. The molecule has 0 aliphatic rings. The van der Waals surface area contributed by atoms with Crippen LogP contribution in [-0.4, -0.2) is 0 Å². The largest absolute Gasteiger partial charge is 0.0654 e. The highest BCUT2D eigenvalue weighted by Crippen LogP contribution is 2.26. The first-order valence-corrected chi connectivity index (χ1v) is 7.61. The molecule has 0 aromatic carbocycles. The van der Waals surface area contributed by atoms with E-state index in [2.05, 4.69) is 34.6 Å². The van der Waals surface area contributed by atoms with Gasteiger partial charge in [-0.1, -0.05) is 86.0 Å². The Morgan fingerprint density at radius 3 is 1.88 bits per heavy atom. The highest BCUT2D eigenvalue weighted by atomic mass is 14.2.